The summed E-state index contributed by atoms with van der Waals surface area (Å²) in [7, 11) is 0. The van der Waals surface area contributed by atoms with Crippen LogP contribution in [0.4, 0.5) is 10.5 Å². The number of hydrogen-bond donors (Lipinski definition) is 1. The van der Waals surface area contributed by atoms with E-state index in [4.69, 9.17) is 9.47 Å². The maximum atomic E-state index is 12.6. The van der Waals surface area contributed by atoms with E-state index >= 15 is 0 Å². The quantitative estimate of drug-likeness (QED) is 0.418. The van der Waals surface area contributed by atoms with Crippen LogP contribution in [-0.4, -0.2) is 47.2 Å². The predicted octanol–water partition coefficient (Wildman–Crippen LogP) is 4.39. The second-order valence-electron chi connectivity index (χ2n) is 7.75. The van der Waals surface area contributed by atoms with Crippen LogP contribution in [0.3, 0.4) is 0 Å². The number of aryl methyl sites for hydroxylation is 1. The van der Waals surface area contributed by atoms with Gasteiger partial charge in [-0.1, -0.05) is 31.2 Å². The van der Waals surface area contributed by atoms with Crippen LogP contribution in [0, 0.1) is 6.92 Å². The SMILES string of the molecule is CC[C@H](C)OC(=O)CN1C(=O)S/C(=C/c2ccc(OCC(=O)Nc3cccc(C)c3)cc2)C1=O. The molecule has 1 N–H and O–H groups in total. The zero-order chi connectivity index (χ0) is 24.7. The molecule has 0 aromatic heterocycles. The average molecular weight is 483 g/mol. The van der Waals surface area contributed by atoms with Crippen LogP contribution in [0.25, 0.3) is 6.08 Å². The minimum absolute atomic E-state index is 0.154. The molecule has 2 aromatic rings. The van der Waals surface area contributed by atoms with Gasteiger partial charge >= 0.3 is 5.97 Å². The molecule has 2 aromatic carbocycles. The highest BCUT2D eigenvalue weighted by Gasteiger charge is 2.36. The molecule has 0 saturated carbocycles. The Morgan fingerprint density at radius 2 is 1.88 bits per heavy atom. The summed E-state index contributed by atoms with van der Waals surface area (Å²) in [4.78, 5) is 49.9. The van der Waals surface area contributed by atoms with Gasteiger partial charge in [0.15, 0.2) is 6.61 Å². The molecule has 34 heavy (non-hydrogen) atoms. The Morgan fingerprint density at radius 3 is 2.56 bits per heavy atom. The molecular weight excluding hydrogens is 456 g/mol. The standard InChI is InChI=1S/C25H26N2O6S/c1-4-17(3)33-23(29)14-27-24(30)21(34-25(27)31)13-18-8-10-20(11-9-18)32-15-22(28)26-19-7-5-6-16(2)12-19/h5-13,17H,4,14-15H2,1-3H3,(H,26,28)/b21-13+/t17-/m0/s1. The summed E-state index contributed by atoms with van der Waals surface area (Å²) in [6.07, 6.45) is 1.93. The van der Waals surface area contributed by atoms with Crippen molar-refractivity contribution in [1.29, 1.82) is 0 Å². The van der Waals surface area contributed by atoms with Crippen molar-refractivity contribution in [3.05, 3.63) is 64.6 Å². The lowest BCUT2D eigenvalue weighted by Crippen LogP contribution is -2.35. The molecule has 1 aliphatic heterocycles. The van der Waals surface area contributed by atoms with E-state index in [0.717, 1.165) is 22.2 Å². The number of nitrogens with zero attached hydrogens (tertiary/aromatic N) is 1. The molecule has 3 rings (SSSR count). The molecule has 1 fully saturated rings. The fraction of sp³-hybridized carbons (Fsp3) is 0.280. The Labute approximate surface area is 202 Å². The minimum atomic E-state index is -0.620. The van der Waals surface area contributed by atoms with Crippen molar-refractivity contribution in [1.82, 2.24) is 4.90 Å². The fourth-order valence-corrected chi connectivity index (χ4v) is 3.83. The highest BCUT2D eigenvalue weighted by Crippen LogP contribution is 2.32. The van der Waals surface area contributed by atoms with Gasteiger partial charge in [-0.2, -0.15) is 0 Å². The molecule has 1 aliphatic rings. The average Bonchev–Trinajstić information content (AvgIpc) is 3.05. The van der Waals surface area contributed by atoms with Crippen molar-refractivity contribution < 1.29 is 28.7 Å². The number of hydrogen-bond acceptors (Lipinski definition) is 7. The number of anilines is 1. The number of benzene rings is 2. The fourth-order valence-electron chi connectivity index (χ4n) is 2.99. The van der Waals surface area contributed by atoms with Gasteiger partial charge in [-0.25, -0.2) is 0 Å². The minimum Gasteiger partial charge on any atom is -0.484 e. The molecule has 0 radical (unpaired) electrons. The van der Waals surface area contributed by atoms with Crippen LogP contribution >= 0.6 is 11.8 Å². The lowest BCUT2D eigenvalue weighted by Gasteiger charge is -2.14. The Hall–Kier alpha value is -3.59. The molecule has 8 nitrogen and oxygen atoms in total. The van der Waals surface area contributed by atoms with Crippen molar-refractivity contribution in [2.24, 2.45) is 0 Å². The van der Waals surface area contributed by atoms with Crippen LogP contribution in [0.1, 0.15) is 31.4 Å². The van der Waals surface area contributed by atoms with Crippen LogP contribution in [0.5, 0.6) is 5.75 Å². The summed E-state index contributed by atoms with van der Waals surface area (Å²) in [6, 6.07) is 14.2. The van der Waals surface area contributed by atoms with E-state index in [1.54, 1.807) is 43.3 Å². The van der Waals surface area contributed by atoms with E-state index in [2.05, 4.69) is 5.32 Å². The number of carbonyl (C=O) groups is 4. The smallest absolute Gasteiger partial charge is 0.326 e. The number of nitrogens with one attached hydrogen (secondary N) is 1. The summed E-state index contributed by atoms with van der Waals surface area (Å²) in [5.41, 5.74) is 2.41. The molecule has 0 bridgehead atoms. The highest BCUT2D eigenvalue weighted by molar-refractivity contribution is 8.18. The Morgan fingerprint density at radius 1 is 1.15 bits per heavy atom. The van der Waals surface area contributed by atoms with Gasteiger partial charge < -0.3 is 14.8 Å². The monoisotopic (exact) mass is 482 g/mol. The summed E-state index contributed by atoms with van der Waals surface area (Å²) in [5.74, 6) is -0.956. The molecule has 1 atom stereocenters. The summed E-state index contributed by atoms with van der Waals surface area (Å²) >= 11 is 0.770. The zero-order valence-electron chi connectivity index (χ0n) is 19.2. The molecule has 9 heteroatoms. The van der Waals surface area contributed by atoms with Crippen LogP contribution < -0.4 is 10.1 Å². The molecule has 0 aliphatic carbocycles. The molecule has 0 spiro atoms. The van der Waals surface area contributed by atoms with E-state index in [1.807, 2.05) is 32.0 Å². The maximum absolute atomic E-state index is 12.6. The van der Waals surface area contributed by atoms with Gasteiger partial charge in [0.25, 0.3) is 17.1 Å². The number of thioether (sulfide) groups is 1. The van der Waals surface area contributed by atoms with Crippen molar-refractivity contribution in [3.8, 4) is 5.75 Å². The topological polar surface area (TPSA) is 102 Å². The van der Waals surface area contributed by atoms with Crippen molar-refractivity contribution in [2.75, 3.05) is 18.5 Å². The predicted molar refractivity (Wildman–Crippen MR) is 130 cm³/mol. The number of esters is 1. The third-order valence-electron chi connectivity index (χ3n) is 4.92. The Balaban J connectivity index is 1.54. The summed E-state index contributed by atoms with van der Waals surface area (Å²) in [6.45, 7) is 4.99. The number of rotatable bonds is 9. The summed E-state index contributed by atoms with van der Waals surface area (Å²) < 4.78 is 10.7. The molecule has 3 amide bonds. The number of carbonyl (C=O) groups excluding carboxylic acids is 4. The first kappa shape index (κ1) is 25.0. The lowest BCUT2D eigenvalue weighted by molar-refractivity contribution is -0.150. The number of ether oxygens (including phenoxy) is 2. The van der Waals surface area contributed by atoms with Gasteiger partial charge in [0, 0.05) is 5.69 Å². The third-order valence-corrected chi connectivity index (χ3v) is 5.83. The number of amides is 3. The zero-order valence-corrected chi connectivity index (χ0v) is 20.0. The van der Waals surface area contributed by atoms with Crippen molar-refractivity contribution in [2.45, 2.75) is 33.3 Å². The second-order valence-corrected chi connectivity index (χ2v) is 8.75. The largest absolute Gasteiger partial charge is 0.484 e. The first-order valence-corrected chi connectivity index (χ1v) is 11.6. The van der Waals surface area contributed by atoms with E-state index < -0.39 is 23.7 Å². The van der Waals surface area contributed by atoms with E-state index in [9.17, 15) is 19.2 Å². The van der Waals surface area contributed by atoms with Crippen molar-refractivity contribution >= 4 is 46.5 Å². The van der Waals surface area contributed by atoms with Gasteiger partial charge in [-0.3, -0.25) is 24.1 Å². The number of imide groups is 1. The van der Waals surface area contributed by atoms with Gasteiger partial charge in [0.05, 0.1) is 11.0 Å². The van der Waals surface area contributed by atoms with Gasteiger partial charge in [-0.15, -0.1) is 0 Å². The van der Waals surface area contributed by atoms with Crippen LogP contribution in [0.15, 0.2) is 53.4 Å². The maximum Gasteiger partial charge on any atom is 0.326 e. The van der Waals surface area contributed by atoms with Crippen LogP contribution in [-0.2, 0) is 19.1 Å². The van der Waals surface area contributed by atoms with E-state index in [1.165, 1.54) is 0 Å². The molecule has 1 heterocycles. The molecule has 178 valence electrons. The first-order valence-electron chi connectivity index (χ1n) is 10.8. The normalized spacial score (nSPS) is 15.4. The molecule has 1 saturated heterocycles. The lowest BCUT2D eigenvalue weighted by atomic mass is 10.2. The van der Waals surface area contributed by atoms with Crippen molar-refractivity contribution in [3.63, 3.8) is 0 Å². The highest BCUT2D eigenvalue weighted by atomic mass is 32.2. The Bertz CT molecular complexity index is 1110. The first-order chi connectivity index (χ1) is 16.2. The van der Waals surface area contributed by atoms with Gasteiger partial charge in [0.1, 0.15) is 12.3 Å². The summed E-state index contributed by atoms with van der Waals surface area (Å²) in [5, 5.41) is 2.25. The third kappa shape index (κ3) is 6.95. The van der Waals surface area contributed by atoms with E-state index in [-0.39, 0.29) is 23.5 Å². The molecule has 0 unspecified atom stereocenters. The van der Waals surface area contributed by atoms with Crippen LogP contribution in [0.2, 0.25) is 0 Å². The molecular formula is C25H26N2O6S. The van der Waals surface area contributed by atoms with Gasteiger partial charge in [0.2, 0.25) is 0 Å². The van der Waals surface area contributed by atoms with E-state index in [0.29, 0.717) is 23.4 Å². The van der Waals surface area contributed by atoms with Gasteiger partial charge in [-0.05, 0) is 73.5 Å². The second kappa shape index (κ2) is 11.5. The Kier molecular flexibility index (Phi) is 8.48.